The summed E-state index contributed by atoms with van der Waals surface area (Å²) in [4.78, 5) is 18.8. The van der Waals surface area contributed by atoms with E-state index in [0.717, 1.165) is 37.6 Å². The molecule has 0 bridgehead atoms. The molecule has 0 fully saturated rings. The van der Waals surface area contributed by atoms with E-state index in [0.29, 0.717) is 18.2 Å². The predicted molar refractivity (Wildman–Crippen MR) is 140 cm³/mol. The summed E-state index contributed by atoms with van der Waals surface area (Å²) >= 11 is 0. The third kappa shape index (κ3) is 9.69. The molecule has 1 unspecified atom stereocenters. The number of amides is 1. The fraction of sp³-hybridized carbons (Fsp3) is 0.417. The summed E-state index contributed by atoms with van der Waals surface area (Å²) in [6.45, 7) is 7.40. The van der Waals surface area contributed by atoms with Gasteiger partial charge >= 0.3 is 0 Å². The first-order chi connectivity index (χ1) is 14.5. The second-order valence-electron chi connectivity index (χ2n) is 7.44. The number of nitrogens with one attached hydrogen (secondary N) is 3. The van der Waals surface area contributed by atoms with Crippen LogP contribution in [0.4, 0.5) is 0 Å². The number of carbonyl (C=O) groups excluding carboxylic acids is 1. The summed E-state index contributed by atoms with van der Waals surface area (Å²) in [7, 11) is 3.80. The fourth-order valence-corrected chi connectivity index (χ4v) is 3.11. The van der Waals surface area contributed by atoms with Crippen molar-refractivity contribution in [2.45, 2.75) is 39.4 Å². The van der Waals surface area contributed by atoms with Crippen LogP contribution in [0, 0.1) is 0 Å². The van der Waals surface area contributed by atoms with Gasteiger partial charge in [0.15, 0.2) is 5.96 Å². The van der Waals surface area contributed by atoms with Gasteiger partial charge < -0.3 is 16.0 Å². The Morgan fingerprint density at radius 1 is 1.06 bits per heavy atom. The van der Waals surface area contributed by atoms with Crippen LogP contribution in [0.1, 0.15) is 41.8 Å². The number of hydrogen-bond acceptors (Lipinski definition) is 3. The van der Waals surface area contributed by atoms with Crippen LogP contribution in [0.15, 0.2) is 59.6 Å². The molecular weight excluding hydrogens is 501 g/mol. The molecule has 3 N–H and O–H groups in total. The average Bonchev–Trinajstić information content (AvgIpc) is 2.77. The minimum atomic E-state index is -0.0838. The van der Waals surface area contributed by atoms with Gasteiger partial charge in [-0.15, -0.1) is 24.0 Å². The molecule has 2 aromatic rings. The normalized spacial score (nSPS) is 12.1. The van der Waals surface area contributed by atoms with E-state index in [9.17, 15) is 4.79 Å². The van der Waals surface area contributed by atoms with Crippen molar-refractivity contribution in [2.75, 3.05) is 27.2 Å². The third-order valence-electron chi connectivity index (χ3n) is 5.06. The van der Waals surface area contributed by atoms with E-state index in [-0.39, 0.29) is 29.9 Å². The second-order valence-corrected chi connectivity index (χ2v) is 7.44. The Morgan fingerprint density at radius 3 is 2.45 bits per heavy atom. The number of guanidine groups is 1. The molecule has 2 aromatic carbocycles. The van der Waals surface area contributed by atoms with Crippen LogP contribution in [0.25, 0.3) is 0 Å². The van der Waals surface area contributed by atoms with Gasteiger partial charge in [-0.05, 0) is 50.6 Å². The number of benzene rings is 2. The molecule has 31 heavy (non-hydrogen) atoms. The van der Waals surface area contributed by atoms with Crippen molar-refractivity contribution in [1.82, 2.24) is 20.9 Å². The highest BCUT2D eigenvalue weighted by atomic mass is 127. The number of aliphatic imine (C=N–C) groups is 1. The molecule has 7 heteroatoms. The maximum absolute atomic E-state index is 11.8. The van der Waals surface area contributed by atoms with Gasteiger partial charge in [-0.1, -0.05) is 42.5 Å². The van der Waals surface area contributed by atoms with Crippen LogP contribution in [0.3, 0.4) is 0 Å². The average molecular weight is 537 g/mol. The van der Waals surface area contributed by atoms with Gasteiger partial charge in [-0.25, -0.2) is 4.99 Å². The van der Waals surface area contributed by atoms with Crippen molar-refractivity contribution in [1.29, 1.82) is 0 Å². The van der Waals surface area contributed by atoms with Crippen molar-refractivity contribution in [3.8, 4) is 0 Å². The van der Waals surface area contributed by atoms with Crippen molar-refractivity contribution in [2.24, 2.45) is 4.99 Å². The van der Waals surface area contributed by atoms with Gasteiger partial charge in [-0.3, -0.25) is 9.69 Å². The van der Waals surface area contributed by atoms with Crippen LogP contribution in [0.5, 0.6) is 0 Å². The first-order valence-corrected chi connectivity index (χ1v) is 10.6. The van der Waals surface area contributed by atoms with Gasteiger partial charge in [0, 0.05) is 38.3 Å². The van der Waals surface area contributed by atoms with E-state index >= 15 is 0 Å². The highest BCUT2D eigenvalue weighted by Crippen LogP contribution is 2.08. The van der Waals surface area contributed by atoms with Crippen LogP contribution < -0.4 is 16.0 Å². The Kier molecular flexibility index (Phi) is 12.8. The van der Waals surface area contributed by atoms with E-state index in [2.05, 4.69) is 71.0 Å². The molecule has 0 saturated carbocycles. The molecule has 1 atom stereocenters. The maximum Gasteiger partial charge on any atom is 0.251 e. The number of hydrogen-bond donors (Lipinski definition) is 3. The van der Waals surface area contributed by atoms with Crippen LogP contribution in [0.2, 0.25) is 0 Å². The Labute approximate surface area is 203 Å². The molecule has 0 aliphatic rings. The largest absolute Gasteiger partial charge is 0.357 e. The quantitative estimate of drug-likeness (QED) is 0.246. The lowest BCUT2D eigenvalue weighted by molar-refractivity contribution is 0.0963. The molecule has 0 saturated heterocycles. The minimum absolute atomic E-state index is 0. The SMILES string of the molecule is CCNC(=NCc1cccc(C(=O)NC)c1)NCCC(C)N(C)Cc1ccccc1.I. The van der Waals surface area contributed by atoms with Gasteiger partial charge in [0.05, 0.1) is 6.54 Å². The molecule has 170 valence electrons. The molecule has 0 spiro atoms. The molecule has 0 aromatic heterocycles. The van der Waals surface area contributed by atoms with Gasteiger partial charge in [0.2, 0.25) is 0 Å². The number of nitrogens with zero attached hydrogens (tertiary/aromatic N) is 2. The number of carbonyl (C=O) groups is 1. The summed E-state index contributed by atoms with van der Waals surface area (Å²) in [6.07, 6.45) is 1.01. The smallest absolute Gasteiger partial charge is 0.251 e. The van der Waals surface area contributed by atoms with E-state index in [4.69, 9.17) is 0 Å². The third-order valence-corrected chi connectivity index (χ3v) is 5.06. The zero-order valence-corrected chi connectivity index (χ0v) is 21.4. The number of rotatable bonds is 10. The van der Waals surface area contributed by atoms with Gasteiger partial charge in [0.25, 0.3) is 5.91 Å². The molecule has 6 nitrogen and oxygen atoms in total. The minimum Gasteiger partial charge on any atom is -0.357 e. The standard InChI is InChI=1S/C24H35N5O.HI/c1-5-26-24(28-17-21-12-9-13-22(16-21)23(30)25-3)27-15-14-19(2)29(4)18-20-10-7-6-8-11-20;/h6-13,16,19H,5,14-15,17-18H2,1-4H3,(H,25,30)(H2,26,27,28);1H. The number of halogens is 1. The molecule has 0 heterocycles. The van der Waals surface area contributed by atoms with E-state index in [1.165, 1.54) is 5.56 Å². The monoisotopic (exact) mass is 537 g/mol. The predicted octanol–water partition coefficient (Wildman–Crippen LogP) is 3.63. The summed E-state index contributed by atoms with van der Waals surface area (Å²) in [5, 5.41) is 9.37. The van der Waals surface area contributed by atoms with Crippen LogP contribution in [-0.4, -0.2) is 50.0 Å². The van der Waals surface area contributed by atoms with Crippen LogP contribution in [-0.2, 0) is 13.1 Å². The zero-order valence-electron chi connectivity index (χ0n) is 19.0. The fourth-order valence-electron chi connectivity index (χ4n) is 3.11. The maximum atomic E-state index is 11.8. The van der Waals surface area contributed by atoms with Crippen molar-refractivity contribution in [3.63, 3.8) is 0 Å². The van der Waals surface area contributed by atoms with Crippen molar-refractivity contribution in [3.05, 3.63) is 71.3 Å². The topological polar surface area (TPSA) is 68.8 Å². The van der Waals surface area contributed by atoms with Crippen LogP contribution >= 0.6 is 24.0 Å². The highest BCUT2D eigenvalue weighted by Gasteiger charge is 2.10. The Bertz CT molecular complexity index is 813. The summed E-state index contributed by atoms with van der Waals surface area (Å²) in [5.74, 6) is 0.709. The molecule has 0 radical (unpaired) electrons. The summed E-state index contributed by atoms with van der Waals surface area (Å²) in [5.41, 5.74) is 2.98. The first-order valence-electron chi connectivity index (χ1n) is 10.6. The molecule has 1 amide bonds. The Balaban J connectivity index is 0.00000480. The molecule has 0 aliphatic carbocycles. The Hall–Kier alpha value is -2.13. The second kappa shape index (κ2) is 14.8. The highest BCUT2D eigenvalue weighted by molar-refractivity contribution is 14.0. The molecule has 0 aliphatic heterocycles. The van der Waals surface area contributed by atoms with E-state index in [1.54, 1.807) is 7.05 Å². The zero-order chi connectivity index (χ0) is 21.8. The lowest BCUT2D eigenvalue weighted by Crippen LogP contribution is -2.40. The molecular formula is C24H36IN5O. The first kappa shape index (κ1) is 26.9. The lowest BCUT2D eigenvalue weighted by Gasteiger charge is -2.25. The molecule has 2 rings (SSSR count). The summed E-state index contributed by atoms with van der Waals surface area (Å²) < 4.78 is 0. The lowest BCUT2D eigenvalue weighted by atomic mass is 10.1. The van der Waals surface area contributed by atoms with Gasteiger partial charge in [0.1, 0.15) is 0 Å². The van der Waals surface area contributed by atoms with Crippen molar-refractivity contribution < 1.29 is 4.79 Å². The Morgan fingerprint density at radius 2 is 1.77 bits per heavy atom. The van der Waals surface area contributed by atoms with Gasteiger partial charge in [-0.2, -0.15) is 0 Å². The van der Waals surface area contributed by atoms with E-state index < -0.39 is 0 Å². The van der Waals surface area contributed by atoms with E-state index in [1.807, 2.05) is 30.3 Å². The summed E-state index contributed by atoms with van der Waals surface area (Å²) in [6, 6.07) is 18.6. The van der Waals surface area contributed by atoms with Crippen molar-refractivity contribution >= 4 is 35.8 Å².